The number of aromatic nitrogens is 2. The molecule has 146 valence electrons. The van der Waals surface area contributed by atoms with Crippen molar-refractivity contribution < 1.29 is 0 Å². The summed E-state index contributed by atoms with van der Waals surface area (Å²) in [7, 11) is 0. The van der Waals surface area contributed by atoms with E-state index in [9.17, 15) is 0 Å². The summed E-state index contributed by atoms with van der Waals surface area (Å²) in [6, 6.07) is 9.72. The summed E-state index contributed by atoms with van der Waals surface area (Å²) in [5.41, 5.74) is 2.46. The van der Waals surface area contributed by atoms with Gasteiger partial charge in [0.15, 0.2) is 0 Å². The van der Waals surface area contributed by atoms with Gasteiger partial charge < -0.3 is 0 Å². The maximum absolute atomic E-state index is 4.92. The summed E-state index contributed by atoms with van der Waals surface area (Å²) in [6.45, 7) is 4.45. The summed E-state index contributed by atoms with van der Waals surface area (Å²) < 4.78 is 8.59. The quantitative estimate of drug-likeness (QED) is 0.221. The summed E-state index contributed by atoms with van der Waals surface area (Å²) >= 11 is 0.353. The normalized spacial score (nSPS) is 12.8. The molecule has 0 radical (unpaired) electrons. The maximum atomic E-state index is 4.92. The van der Waals surface area contributed by atoms with Crippen LogP contribution in [0.2, 0.25) is 0 Å². The number of benzene rings is 2. The third-order valence-electron chi connectivity index (χ3n) is 4.95. The van der Waals surface area contributed by atoms with Crippen LogP contribution in [-0.4, -0.2) is 59.4 Å². The molecule has 0 saturated heterocycles. The molecule has 0 aliphatic carbocycles. The van der Waals surface area contributed by atoms with E-state index in [0.717, 1.165) is 12.8 Å². The van der Waals surface area contributed by atoms with Gasteiger partial charge in [0.05, 0.1) is 0 Å². The second-order valence-electron chi connectivity index (χ2n) is 7.22. The van der Waals surface area contributed by atoms with Crippen LogP contribution in [0.3, 0.4) is 0 Å². The van der Waals surface area contributed by atoms with Crippen molar-refractivity contribution in [1.82, 2.24) is 9.97 Å². The van der Waals surface area contributed by atoms with Crippen molar-refractivity contribution in [3.8, 4) is 0 Å². The molecule has 0 saturated carbocycles. The van der Waals surface area contributed by atoms with E-state index in [1.54, 1.807) is 6.80 Å². The van der Waals surface area contributed by atoms with E-state index >= 15 is 0 Å². The molecule has 0 amide bonds. The van der Waals surface area contributed by atoms with Crippen LogP contribution in [0.5, 0.6) is 0 Å². The average molecular weight is 624 g/mol. The Morgan fingerprint density at radius 1 is 0.759 bits per heavy atom. The van der Waals surface area contributed by atoms with Crippen LogP contribution < -0.4 is 0 Å². The molecule has 2 aromatic carbocycles. The molecule has 0 aliphatic rings. The molecule has 5 aromatic rings. The molecule has 0 N–H and O–H groups in total. The zero-order valence-electron chi connectivity index (χ0n) is 16.6. The molecule has 0 aliphatic heterocycles. The van der Waals surface area contributed by atoms with Gasteiger partial charge in [-0.3, -0.25) is 0 Å². The Hall–Kier alpha value is -0.911. The van der Waals surface area contributed by atoms with Crippen molar-refractivity contribution in [3.05, 3.63) is 45.6 Å². The van der Waals surface area contributed by atoms with Crippen molar-refractivity contribution >= 4 is 98.7 Å². The molecular weight excluding hydrogens is 602 g/mol. The number of fused-ring (bicyclic) bond motifs is 5. The topological polar surface area (TPSA) is 25.8 Å². The summed E-state index contributed by atoms with van der Waals surface area (Å²) in [5.74, 6) is 0. The van der Waals surface area contributed by atoms with Gasteiger partial charge in [-0.05, 0) is 0 Å². The van der Waals surface area contributed by atoms with Crippen molar-refractivity contribution in [3.63, 3.8) is 0 Å². The van der Waals surface area contributed by atoms with Crippen molar-refractivity contribution in [2.24, 2.45) is 0 Å². The fourth-order valence-electron chi connectivity index (χ4n) is 3.50. The van der Waals surface area contributed by atoms with E-state index in [0.29, 0.717) is 29.0 Å². The van der Waals surface area contributed by atoms with Gasteiger partial charge >= 0.3 is 194 Å². The van der Waals surface area contributed by atoms with E-state index in [4.69, 9.17) is 9.97 Å². The number of allylic oxidation sites excluding steroid dienone is 2. The van der Waals surface area contributed by atoms with Crippen LogP contribution in [0, 0.1) is 0 Å². The Morgan fingerprint density at radius 3 is 1.69 bits per heavy atom. The van der Waals surface area contributed by atoms with Crippen molar-refractivity contribution in [2.45, 2.75) is 39.5 Å². The molecule has 3 heterocycles. The van der Waals surface area contributed by atoms with Gasteiger partial charge in [-0.1, -0.05) is 0 Å². The average Bonchev–Trinajstić information content (AvgIpc) is 3.38. The van der Waals surface area contributed by atoms with Crippen LogP contribution >= 0.6 is 0 Å². The summed E-state index contributed by atoms with van der Waals surface area (Å²) in [6.07, 6.45) is 13.7. The predicted octanol–water partition coefficient (Wildman–Crippen LogP) is 5.89. The Balaban J connectivity index is 1.60. The Morgan fingerprint density at radius 2 is 1.24 bits per heavy atom. The monoisotopic (exact) mass is 628 g/mol. The first kappa shape index (κ1) is 20.0. The molecule has 0 unspecified atom stereocenters. The number of hydrogen-bond donors (Lipinski definition) is 0. The zero-order chi connectivity index (χ0) is 19.8. The fraction of sp³-hybridized carbons (Fsp3) is 0.250. The third kappa shape index (κ3) is 4.02. The second kappa shape index (κ2) is 8.68. The number of rotatable bonds is 6. The van der Waals surface area contributed by atoms with Gasteiger partial charge in [0, 0.05) is 0 Å². The molecule has 0 spiro atoms. The summed E-state index contributed by atoms with van der Waals surface area (Å²) in [5, 5.41) is 2.98. The fourth-order valence-corrected chi connectivity index (χ4v) is 10.6. The van der Waals surface area contributed by atoms with E-state index in [2.05, 4.69) is 62.4 Å². The van der Waals surface area contributed by atoms with E-state index in [1.807, 2.05) is 0 Å². The number of nitrogens with zero attached hydrogens (tertiary/aromatic N) is 2. The number of hydrogen-bond acceptors (Lipinski definition) is 2. The van der Waals surface area contributed by atoms with E-state index in [-0.39, 0.29) is 20.4 Å². The SMILES string of the molecule is CCC/C=C/c1nc2cc3[te]c4cc5nc(/C=C/CCC)[se]c5cc4c3cc2[se]1. The molecule has 5 heteroatoms. The van der Waals surface area contributed by atoms with Crippen LogP contribution in [-0.2, 0) is 0 Å². The van der Waals surface area contributed by atoms with Crippen LogP contribution in [0.25, 0.3) is 49.3 Å². The molecule has 0 atom stereocenters. The Bertz CT molecular complexity index is 1280. The Labute approximate surface area is 192 Å². The van der Waals surface area contributed by atoms with Crippen molar-refractivity contribution in [2.75, 3.05) is 0 Å². The standard InChI is InChI=1S/C24H22N2Se2Te/c1-3-5-7-9-23-25-17-13-21-15(11-19(17)27-23)16-12-20-18(14-22(16)29-21)26-24(28-20)10-8-6-4-2/h7-14H,3-6H2,1-2H3/b9-7+,10-8+. The first-order valence-electron chi connectivity index (χ1n) is 10.2. The third-order valence-corrected chi connectivity index (χ3v) is 12.3. The van der Waals surface area contributed by atoms with Gasteiger partial charge in [-0.15, -0.1) is 0 Å². The van der Waals surface area contributed by atoms with Crippen LogP contribution in [0.15, 0.2) is 36.4 Å². The van der Waals surface area contributed by atoms with Gasteiger partial charge in [-0.2, -0.15) is 0 Å². The van der Waals surface area contributed by atoms with E-state index in [1.165, 1.54) is 52.3 Å². The molecule has 2 nitrogen and oxygen atoms in total. The minimum atomic E-state index is -0.339. The predicted molar refractivity (Wildman–Crippen MR) is 131 cm³/mol. The molecular formula is C24H22N2Se2Te. The minimum absolute atomic E-state index is 0.339. The molecule has 0 bridgehead atoms. The van der Waals surface area contributed by atoms with Gasteiger partial charge in [0.2, 0.25) is 0 Å². The van der Waals surface area contributed by atoms with Gasteiger partial charge in [-0.25, -0.2) is 0 Å². The molecule has 29 heavy (non-hydrogen) atoms. The van der Waals surface area contributed by atoms with Crippen molar-refractivity contribution in [1.29, 1.82) is 0 Å². The molecule has 3 aromatic heterocycles. The van der Waals surface area contributed by atoms with Crippen LogP contribution in [0.4, 0.5) is 0 Å². The second-order valence-corrected chi connectivity index (χ2v) is 14.8. The molecule has 0 fully saturated rings. The Kier molecular flexibility index (Phi) is 5.99. The van der Waals surface area contributed by atoms with Gasteiger partial charge in [0.1, 0.15) is 0 Å². The number of unbranched alkanes of at least 4 members (excludes halogenated alkanes) is 2. The van der Waals surface area contributed by atoms with Gasteiger partial charge in [0.25, 0.3) is 0 Å². The first-order chi connectivity index (χ1) is 14.2. The zero-order valence-corrected chi connectivity index (χ0v) is 22.3. The summed E-state index contributed by atoms with van der Waals surface area (Å²) in [4.78, 5) is 9.85. The van der Waals surface area contributed by atoms with E-state index < -0.39 is 0 Å². The molecule has 5 rings (SSSR count). The first-order valence-corrected chi connectivity index (χ1v) is 15.9. The van der Waals surface area contributed by atoms with Crippen LogP contribution in [0.1, 0.15) is 48.7 Å².